The van der Waals surface area contributed by atoms with E-state index in [1.165, 1.54) is 5.56 Å². The predicted molar refractivity (Wildman–Crippen MR) is 74.5 cm³/mol. The molecule has 1 aliphatic rings. The Bertz CT molecular complexity index is 541. The molecule has 0 saturated heterocycles. The highest BCUT2D eigenvalue weighted by Crippen LogP contribution is 2.31. The summed E-state index contributed by atoms with van der Waals surface area (Å²) in [5.74, 6) is 1.58. The quantitative estimate of drug-likeness (QED) is 0.916. The van der Waals surface area contributed by atoms with Crippen LogP contribution < -0.4 is 15.2 Å². The van der Waals surface area contributed by atoms with Crippen LogP contribution in [0.5, 0.6) is 11.5 Å². The smallest absolute Gasteiger partial charge is 0.161 e. The topological polar surface area (TPSA) is 44.5 Å². The first-order valence-electron chi connectivity index (χ1n) is 6.51. The summed E-state index contributed by atoms with van der Waals surface area (Å²) < 4.78 is 11.6. The highest BCUT2D eigenvalue weighted by Gasteiger charge is 2.26. The molecule has 19 heavy (non-hydrogen) atoms. The van der Waals surface area contributed by atoms with E-state index in [1.807, 2.05) is 42.5 Å². The standard InChI is InChI=1S/C16H17NO2/c17-13(10-12-6-2-1-3-7-12)16-11-18-14-8-4-5-9-15(14)19-16/h1-9,13,16H,10-11,17H2/t13-,16-/m0/s1. The molecule has 1 heterocycles. The van der Waals surface area contributed by atoms with Crippen LogP contribution in [0.15, 0.2) is 54.6 Å². The van der Waals surface area contributed by atoms with Crippen molar-refractivity contribution in [3.63, 3.8) is 0 Å². The van der Waals surface area contributed by atoms with Gasteiger partial charge in [0.05, 0.1) is 0 Å². The molecule has 3 rings (SSSR count). The molecular formula is C16H17NO2. The molecule has 3 nitrogen and oxygen atoms in total. The van der Waals surface area contributed by atoms with Crippen LogP contribution in [0.1, 0.15) is 5.56 Å². The van der Waals surface area contributed by atoms with Crippen molar-refractivity contribution in [3.05, 3.63) is 60.2 Å². The van der Waals surface area contributed by atoms with Crippen molar-refractivity contribution in [3.8, 4) is 11.5 Å². The predicted octanol–water partition coefficient (Wildman–Crippen LogP) is 2.40. The maximum atomic E-state index is 6.23. The van der Waals surface area contributed by atoms with Crippen LogP contribution in [-0.4, -0.2) is 18.8 Å². The maximum absolute atomic E-state index is 6.23. The second kappa shape index (κ2) is 5.33. The molecule has 2 N–H and O–H groups in total. The second-order valence-corrected chi connectivity index (χ2v) is 4.77. The molecule has 2 aromatic carbocycles. The summed E-state index contributed by atoms with van der Waals surface area (Å²) >= 11 is 0. The van der Waals surface area contributed by atoms with Gasteiger partial charge in [-0.05, 0) is 24.1 Å². The van der Waals surface area contributed by atoms with Crippen LogP contribution in [0.25, 0.3) is 0 Å². The molecule has 0 aromatic heterocycles. The van der Waals surface area contributed by atoms with Crippen molar-refractivity contribution in [2.45, 2.75) is 18.6 Å². The number of ether oxygens (including phenoxy) is 2. The first kappa shape index (κ1) is 12.1. The van der Waals surface area contributed by atoms with E-state index in [0.29, 0.717) is 6.61 Å². The molecule has 0 unspecified atom stereocenters. The Balaban J connectivity index is 1.68. The van der Waals surface area contributed by atoms with Crippen molar-refractivity contribution in [2.24, 2.45) is 5.73 Å². The van der Waals surface area contributed by atoms with Gasteiger partial charge in [0.1, 0.15) is 12.7 Å². The van der Waals surface area contributed by atoms with E-state index in [9.17, 15) is 0 Å². The van der Waals surface area contributed by atoms with Gasteiger partial charge in [0.15, 0.2) is 11.5 Å². The molecule has 0 aliphatic carbocycles. The molecule has 1 aliphatic heterocycles. The molecule has 3 heteroatoms. The molecule has 2 aromatic rings. The van der Waals surface area contributed by atoms with Crippen LogP contribution >= 0.6 is 0 Å². The van der Waals surface area contributed by atoms with E-state index in [4.69, 9.17) is 15.2 Å². The summed E-state index contributed by atoms with van der Waals surface area (Å²) in [6, 6.07) is 17.8. The number of fused-ring (bicyclic) bond motifs is 1. The summed E-state index contributed by atoms with van der Waals surface area (Å²) in [4.78, 5) is 0. The van der Waals surface area contributed by atoms with Gasteiger partial charge in [-0.3, -0.25) is 0 Å². The van der Waals surface area contributed by atoms with Gasteiger partial charge in [-0.1, -0.05) is 42.5 Å². The normalized spacial score (nSPS) is 18.9. The molecule has 0 fully saturated rings. The summed E-state index contributed by atoms with van der Waals surface area (Å²) in [7, 11) is 0. The molecule has 0 radical (unpaired) electrons. The third kappa shape index (κ3) is 2.71. The lowest BCUT2D eigenvalue weighted by molar-refractivity contribution is 0.0723. The summed E-state index contributed by atoms with van der Waals surface area (Å²) in [5, 5.41) is 0. The fraction of sp³-hybridized carbons (Fsp3) is 0.250. The van der Waals surface area contributed by atoms with Gasteiger partial charge in [-0.25, -0.2) is 0 Å². The molecular weight excluding hydrogens is 238 g/mol. The minimum Gasteiger partial charge on any atom is -0.486 e. The fourth-order valence-corrected chi connectivity index (χ4v) is 2.26. The van der Waals surface area contributed by atoms with Crippen molar-refractivity contribution in [1.29, 1.82) is 0 Å². The third-order valence-electron chi connectivity index (χ3n) is 3.32. The van der Waals surface area contributed by atoms with Gasteiger partial charge in [-0.15, -0.1) is 0 Å². The van der Waals surface area contributed by atoms with Gasteiger partial charge >= 0.3 is 0 Å². The molecule has 2 atom stereocenters. The van der Waals surface area contributed by atoms with Crippen LogP contribution in [0.2, 0.25) is 0 Å². The molecule has 0 spiro atoms. The van der Waals surface area contributed by atoms with E-state index in [2.05, 4.69) is 12.1 Å². The van der Waals surface area contributed by atoms with E-state index in [1.54, 1.807) is 0 Å². The zero-order valence-corrected chi connectivity index (χ0v) is 10.7. The zero-order chi connectivity index (χ0) is 13.1. The highest BCUT2D eigenvalue weighted by atomic mass is 16.6. The van der Waals surface area contributed by atoms with Crippen molar-refractivity contribution in [2.75, 3.05) is 6.61 Å². The summed E-state index contributed by atoms with van der Waals surface area (Å²) in [5.41, 5.74) is 7.45. The third-order valence-corrected chi connectivity index (χ3v) is 3.32. The van der Waals surface area contributed by atoms with Crippen LogP contribution in [0.4, 0.5) is 0 Å². The highest BCUT2D eigenvalue weighted by molar-refractivity contribution is 5.40. The molecule has 0 bridgehead atoms. The monoisotopic (exact) mass is 255 g/mol. The minimum absolute atomic E-state index is 0.0734. The number of nitrogens with two attached hydrogens (primary N) is 1. The Morgan fingerprint density at radius 1 is 1.00 bits per heavy atom. The summed E-state index contributed by atoms with van der Waals surface area (Å²) in [6.07, 6.45) is 0.687. The lowest BCUT2D eigenvalue weighted by Crippen LogP contribution is -2.46. The summed E-state index contributed by atoms with van der Waals surface area (Å²) in [6.45, 7) is 0.505. The Morgan fingerprint density at radius 3 is 2.47 bits per heavy atom. The van der Waals surface area contributed by atoms with E-state index in [0.717, 1.165) is 17.9 Å². The lowest BCUT2D eigenvalue weighted by Gasteiger charge is -2.30. The molecule has 98 valence electrons. The number of benzene rings is 2. The van der Waals surface area contributed by atoms with Crippen LogP contribution in [0.3, 0.4) is 0 Å². The maximum Gasteiger partial charge on any atom is 0.161 e. The van der Waals surface area contributed by atoms with Gasteiger partial charge < -0.3 is 15.2 Å². The Hall–Kier alpha value is -2.00. The van der Waals surface area contributed by atoms with E-state index >= 15 is 0 Å². The Labute approximate surface area is 113 Å². The van der Waals surface area contributed by atoms with Crippen molar-refractivity contribution < 1.29 is 9.47 Å². The SMILES string of the molecule is N[C@@H](Cc1ccccc1)[C@@H]1COc2ccccc2O1. The number of rotatable bonds is 3. The first-order chi connectivity index (χ1) is 9.33. The average Bonchev–Trinajstić information content (AvgIpc) is 2.48. The minimum atomic E-state index is -0.102. The number of hydrogen-bond acceptors (Lipinski definition) is 3. The molecule has 0 saturated carbocycles. The second-order valence-electron chi connectivity index (χ2n) is 4.77. The van der Waals surface area contributed by atoms with Gasteiger partial charge in [0, 0.05) is 6.04 Å². The zero-order valence-electron chi connectivity index (χ0n) is 10.7. The largest absolute Gasteiger partial charge is 0.486 e. The molecule has 0 amide bonds. The fourth-order valence-electron chi connectivity index (χ4n) is 2.26. The van der Waals surface area contributed by atoms with E-state index in [-0.39, 0.29) is 12.1 Å². The van der Waals surface area contributed by atoms with Crippen molar-refractivity contribution in [1.82, 2.24) is 0 Å². The number of para-hydroxylation sites is 2. The first-order valence-corrected chi connectivity index (χ1v) is 6.51. The lowest BCUT2D eigenvalue weighted by atomic mass is 10.0. The van der Waals surface area contributed by atoms with Crippen LogP contribution in [0, 0.1) is 0 Å². The average molecular weight is 255 g/mol. The van der Waals surface area contributed by atoms with Gasteiger partial charge in [-0.2, -0.15) is 0 Å². The van der Waals surface area contributed by atoms with Crippen molar-refractivity contribution >= 4 is 0 Å². The Morgan fingerprint density at radius 2 is 1.68 bits per heavy atom. The van der Waals surface area contributed by atoms with E-state index < -0.39 is 0 Å². The van der Waals surface area contributed by atoms with Crippen LogP contribution in [-0.2, 0) is 6.42 Å². The van der Waals surface area contributed by atoms with Gasteiger partial charge in [0.25, 0.3) is 0 Å². The van der Waals surface area contributed by atoms with Gasteiger partial charge in [0.2, 0.25) is 0 Å². The Kier molecular flexibility index (Phi) is 3.38. The number of hydrogen-bond donors (Lipinski definition) is 1.